The summed E-state index contributed by atoms with van der Waals surface area (Å²) < 4.78 is 6.06. The lowest BCUT2D eigenvalue weighted by Gasteiger charge is -2.35. The Morgan fingerprint density at radius 1 is 1.03 bits per heavy atom. The average Bonchev–Trinajstić information content (AvgIpc) is 3.08. The summed E-state index contributed by atoms with van der Waals surface area (Å²) in [7, 11) is 6.08. The molecule has 9 heteroatoms. The Balaban J connectivity index is 1.58. The van der Waals surface area contributed by atoms with Crippen LogP contribution in [0.25, 0.3) is 0 Å². The minimum absolute atomic E-state index is 0.282. The number of piperidine rings is 1. The average molecular weight is 474 g/mol. The molecule has 1 aromatic heterocycles. The number of nitrogens with zero attached hydrogens (tertiary/aromatic N) is 5. The lowest BCUT2D eigenvalue weighted by molar-refractivity contribution is 0.252. The van der Waals surface area contributed by atoms with Crippen LogP contribution in [0.4, 0.5) is 17.6 Å². The van der Waals surface area contributed by atoms with Gasteiger partial charge in [-0.2, -0.15) is 15.0 Å². The number of ether oxygens (including phenoxy) is 1. The molecule has 2 N–H and O–H groups in total. The molecule has 33 heavy (non-hydrogen) atoms. The van der Waals surface area contributed by atoms with Crippen LogP contribution in [0.2, 0.25) is 5.02 Å². The number of nitrogens with one attached hydrogen (secondary N) is 2. The first-order valence-electron chi connectivity index (χ1n) is 12.1. The van der Waals surface area contributed by atoms with E-state index in [9.17, 15) is 0 Å². The van der Waals surface area contributed by atoms with Crippen LogP contribution in [0.5, 0.6) is 11.8 Å². The maximum Gasteiger partial charge on any atom is 0.328 e. The molecule has 1 aromatic carbocycles. The molecule has 1 saturated heterocycles. The predicted octanol–water partition coefficient (Wildman–Crippen LogP) is 5.02. The van der Waals surface area contributed by atoms with Gasteiger partial charge in [0, 0.05) is 32.2 Å². The molecular weight excluding hydrogens is 438 g/mol. The largest absolute Gasteiger partial charge is 0.424 e. The van der Waals surface area contributed by atoms with Crippen molar-refractivity contribution in [2.24, 2.45) is 0 Å². The van der Waals surface area contributed by atoms with E-state index in [-0.39, 0.29) is 6.01 Å². The van der Waals surface area contributed by atoms with Gasteiger partial charge in [0.15, 0.2) is 0 Å². The molecule has 2 aliphatic rings. The molecule has 0 unspecified atom stereocenters. The van der Waals surface area contributed by atoms with E-state index in [1.54, 1.807) is 6.07 Å². The number of hydrogen-bond donors (Lipinski definition) is 2. The second-order valence-corrected chi connectivity index (χ2v) is 9.62. The summed E-state index contributed by atoms with van der Waals surface area (Å²) in [6.07, 6.45) is 9.54. The smallest absolute Gasteiger partial charge is 0.328 e. The Morgan fingerprint density at radius 2 is 1.76 bits per heavy atom. The summed E-state index contributed by atoms with van der Waals surface area (Å²) in [6, 6.07) is 6.58. The molecular formula is C24H36ClN7O. The first kappa shape index (κ1) is 23.8. The summed E-state index contributed by atoms with van der Waals surface area (Å²) in [5.74, 6) is 1.82. The third-order valence-electron chi connectivity index (χ3n) is 6.76. The van der Waals surface area contributed by atoms with Gasteiger partial charge in [0.25, 0.3) is 0 Å². The fraction of sp³-hybridized carbons (Fsp3) is 0.625. The molecule has 2 aromatic rings. The molecule has 8 nitrogen and oxygen atoms in total. The van der Waals surface area contributed by atoms with E-state index in [4.69, 9.17) is 21.3 Å². The number of likely N-dealkylation sites (tertiary alicyclic amines) is 1. The first-order valence-corrected chi connectivity index (χ1v) is 12.5. The maximum absolute atomic E-state index is 6.35. The Hall–Kier alpha value is -2.32. The minimum atomic E-state index is 0.282. The Labute approximate surface area is 202 Å². The molecule has 2 fully saturated rings. The van der Waals surface area contributed by atoms with Crippen molar-refractivity contribution in [1.29, 1.82) is 0 Å². The lowest BCUT2D eigenvalue weighted by atomic mass is 10.0. The van der Waals surface area contributed by atoms with E-state index in [1.165, 1.54) is 25.7 Å². The van der Waals surface area contributed by atoms with Crippen molar-refractivity contribution in [3.8, 4) is 11.8 Å². The Bertz CT molecular complexity index is 912. The number of hydrogen-bond acceptors (Lipinski definition) is 8. The van der Waals surface area contributed by atoms with Crippen molar-refractivity contribution >= 4 is 29.2 Å². The molecule has 1 aliphatic carbocycles. The normalized spacial score (nSPS) is 18.5. The molecule has 0 spiro atoms. The Kier molecular flexibility index (Phi) is 8.09. The quantitative estimate of drug-likeness (QED) is 0.542. The zero-order valence-corrected chi connectivity index (χ0v) is 20.7. The van der Waals surface area contributed by atoms with Crippen molar-refractivity contribution < 1.29 is 4.74 Å². The lowest BCUT2D eigenvalue weighted by Crippen LogP contribution is -2.42. The highest BCUT2D eigenvalue weighted by atomic mass is 35.5. The van der Waals surface area contributed by atoms with E-state index < -0.39 is 0 Å². The van der Waals surface area contributed by atoms with Crippen molar-refractivity contribution in [1.82, 2.24) is 19.9 Å². The third kappa shape index (κ3) is 6.38. The summed E-state index contributed by atoms with van der Waals surface area (Å²) in [4.78, 5) is 18.6. The number of halogens is 1. The van der Waals surface area contributed by atoms with E-state index in [0.29, 0.717) is 34.8 Å². The van der Waals surface area contributed by atoms with E-state index in [1.807, 2.05) is 19.2 Å². The predicted molar refractivity (Wildman–Crippen MR) is 135 cm³/mol. The van der Waals surface area contributed by atoms with Crippen molar-refractivity contribution in [3.63, 3.8) is 0 Å². The van der Waals surface area contributed by atoms with Gasteiger partial charge in [0.2, 0.25) is 11.9 Å². The van der Waals surface area contributed by atoms with Gasteiger partial charge < -0.3 is 25.2 Å². The molecule has 0 bridgehead atoms. The maximum atomic E-state index is 6.35. The van der Waals surface area contributed by atoms with Crippen LogP contribution in [0.15, 0.2) is 18.2 Å². The van der Waals surface area contributed by atoms with Gasteiger partial charge in [-0.05, 0) is 58.0 Å². The second kappa shape index (κ2) is 11.2. The van der Waals surface area contributed by atoms with Crippen molar-refractivity contribution in [2.75, 3.05) is 49.8 Å². The summed E-state index contributed by atoms with van der Waals surface area (Å²) in [6.45, 7) is 2.15. The van der Waals surface area contributed by atoms with Crippen LogP contribution >= 0.6 is 11.6 Å². The number of benzene rings is 1. The van der Waals surface area contributed by atoms with Crippen LogP contribution in [0.1, 0.15) is 51.4 Å². The van der Waals surface area contributed by atoms with Gasteiger partial charge in [0.05, 0.1) is 10.7 Å². The topological polar surface area (TPSA) is 78.4 Å². The van der Waals surface area contributed by atoms with E-state index in [0.717, 1.165) is 44.5 Å². The molecule has 0 amide bonds. The van der Waals surface area contributed by atoms with E-state index in [2.05, 4.69) is 44.5 Å². The fourth-order valence-electron chi connectivity index (χ4n) is 4.63. The number of rotatable bonds is 7. The van der Waals surface area contributed by atoms with Crippen LogP contribution in [0.3, 0.4) is 0 Å². The number of anilines is 3. The van der Waals surface area contributed by atoms with Gasteiger partial charge in [0.1, 0.15) is 5.75 Å². The molecule has 0 radical (unpaired) electrons. The zero-order chi connectivity index (χ0) is 23.2. The monoisotopic (exact) mass is 473 g/mol. The van der Waals surface area contributed by atoms with Crippen LogP contribution < -0.4 is 20.3 Å². The molecule has 2 heterocycles. The standard InChI is InChI=1S/C24H36ClN7O/c1-26-21-11-10-19(16-20(21)25)33-24-29-22(27-17-8-6-4-5-7-9-17)28-23(30-24)32(3)18-12-14-31(2)15-13-18/h10-11,16-18,26H,4-9,12-15H2,1-3H3,(H,27,28,29,30). The second-order valence-electron chi connectivity index (χ2n) is 9.21. The highest BCUT2D eigenvalue weighted by Gasteiger charge is 2.24. The molecule has 1 saturated carbocycles. The summed E-state index contributed by atoms with van der Waals surface area (Å²) in [5.41, 5.74) is 0.845. The van der Waals surface area contributed by atoms with Crippen LogP contribution in [-0.4, -0.2) is 66.2 Å². The summed E-state index contributed by atoms with van der Waals surface area (Å²) in [5, 5.41) is 7.22. The highest BCUT2D eigenvalue weighted by Crippen LogP contribution is 2.30. The SMILES string of the molecule is CNc1ccc(Oc2nc(NC3CCCCCC3)nc(N(C)C3CCN(C)CC3)n2)cc1Cl. The van der Waals surface area contributed by atoms with Gasteiger partial charge >= 0.3 is 6.01 Å². The summed E-state index contributed by atoms with van der Waals surface area (Å²) >= 11 is 6.35. The molecule has 180 valence electrons. The van der Waals surface area contributed by atoms with Gasteiger partial charge in [-0.3, -0.25) is 0 Å². The molecule has 1 aliphatic heterocycles. The van der Waals surface area contributed by atoms with Gasteiger partial charge in [-0.15, -0.1) is 0 Å². The number of aromatic nitrogens is 3. The van der Waals surface area contributed by atoms with Crippen LogP contribution in [0, 0.1) is 0 Å². The van der Waals surface area contributed by atoms with Gasteiger partial charge in [-0.25, -0.2) is 0 Å². The molecule has 4 rings (SSSR count). The molecule has 0 atom stereocenters. The first-order chi connectivity index (χ1) is 16.0. The Morgan fingerprint density at radius 3 is 2.42 bits per heavy atom. The van der Waals surface area contributed by atoms with Crippen LogP contribution in [-0.2, 0) is 0 Å². The zero-order valence-electron chi connectivity index (χ0n) is 20.0. The fourth-order valence-corrected chi connectivity index (χ4v) is 4.90. The minimum Gasteiger partial charge on any atom is -0.424 e. The highest BCUT2D eigenvalue weighted by molar-refractivity contribution is 6.33. The van der Waals surface area contributed by atoms with Crippen molar-refractivity contribution in [2.45, 2.75) is 63.5 Å². The van der Waals surface area contributed by atoms with E-state index >= 15 is 0 Å². The van der Waals surface area contributed by atoms with Gasteiger partial charge in [-0.1, -0.05) is 37.3 Å². The third-order valence-corrected chi connectivity index (χ3v) is 7.07. The van der Waals surface area contributed by atoms with Crippen molar-refractivity contribution in [3.05, 3.63) is 23.2 Å².